The molecule has 1 fully saturated rings. The van der Waals surface area contributed by atoms with Crippen molar-refractivity contribution in [1.82, 2.24) is 29.3 Å². The zero-order chi connectivity index (χ0) is 25.0. The van der Waals surface area contributed by atoms with Gasteiger partial charge in [0.2, 0.25) is 5.91 Å². The smallest absolute Gasteiger partial charge is 0.266 e. The van der Waals surface area contributed by atoms with Gasteiger partial charge < -0.3 is 20.4 Å². The first-order valence-electron chi connectivity index (χ1n) is 12.1. The van der Waals surface area contributed by atoms with Gasteiger partial charge in [0.1, 0.15) is 27.8 Å². The van der Waals surface area contributed by atoms with Gasteiger partial charge in [0, 0.05) is 24.3 Å². The minimum absolute atomic E-state index is 0.0329. The van der Waals surface area contributed by atoms with Gasteiger partial charge in [-0.05, 0) is 31.4 Å². The van der Waals surface area contributed by atoms with Crippen LogP contribution in [0.25, 0.3) is 17.2 Å². The third-order valence-electron chi connectivity index (χ3n) is 7.40. The van der Waals surface area contributed by atoms with Crippen LogP contribution in [0.2, 0.25) is 5.02 Å². The van der Waals surface area contributed by atoms with Gasteiger partial charge in [-0.3, -0.25) is 9.59 Å². The van der Waals surface area contributed by atoms with Crippen molar-refractivity contribution in [3.8, 4) is 11.5 Å². The first kappa shape index (κ1) is 22.7. The molecule has 1 aliphatic carbocycles. The second-order valence-corrected chi connectivity index (χ2v) is 10.1. The summed E-state index contributed by atoms with van der Waals surface area (Å²) in [7, 11) is 0. The molecule has 184 valence electrons. The lowest BCUT2D eigenvalue weighted by atomic mass is 9.81. The van der Waals surface area contributed by atoms with Crippen molar-refractivity contribution >= 4 is 34.8 Å². The average Bonchev–Trinajstić information content (AvgIpc) is 3.44. The number of nitrogens with zero attached hydrogens (tertiary/aromatic N) is 5. The predicted molar refractivity (Wildman–Crippen MR) is 136 cm³/mol. The van der Waals surface area contributed by atoms with E-state index in [1.165, 1.54) is 38.2 Å². The monoisotopic (exact) mass is 504 g/mol. The molecule has 1 amide bonds. The topological polar surface area (TPSA) is 144 Å². The quantitative estimate of drug-likeness (QED) is 0.385. The molecule has 4 aromatic heterocycles. The van der Waals surface area contributed by atoms with Gasteiger partial charge in [0.15, 0.2) is 11.5 Å². The van der Waals surface area contributed by atoms with Crippen LogP contribution in [-0.4, -0.2) is 35.2 Å². The fourth-order valence-electron chi connectivity index (χ4n) is 5.43. The maximum atomic E-state index is 13.1. The molecule has 0 saturated heterocycles. The van der Waals surface area contributed by atoms with Crippen LogP contribution < -0.4 is 16.6 Å². The van der Waals surface area contributed by atoms with Gasteiger partial charge in [0.25, 0.3) is 5.56 Å². The standard InChI is InChI=1S/C25H25ClN8O2/c1-25(17-8-7-14(26)23(35)30-17)18-19(27)31-20(32-21(18)33-24(25)36)16-12-34-10-9-28-22(34)15(29-16)11-13-5-3-2-4-6-13/h7-10,12-13H,2-6,11H2,1H3,(H,30,35)(H3,27,31,32,33,36)/t25-/m1/s1. The van der Waals surface area contributed by atoms with E-state index in [2.05, 4.69) is 25.3 Å². The van der Waals surface area contributed by atoms with Crippen molar-refractivity contribution in [3.63, 3.8) is 0 Å². The minimum atomic E-state index is -1.28. The number of rotatable bonds is 4. The number of nitrogen functional groups attached to an aromatic ring is 1. The van der Waals surface area contributed by atoms with E-state index in [9.17, 15) is 9.59 Å². The molecule has 6 rings (SSSR count). The highest BCUT2D eigenvalue weighted by atomic mass is 35.5. The molecular formula is C25H25ClN8O2. The van der Waals surface area contributed by atoms with E-state index in [4.69, 9.17) is 22.3 Å². The number of halogens is 1. The highest BCUT2D eigenvalue weighted by molar-refractivity contribution is 6.30. The number of aromatic amines is 1. The predicted octanol–water partition coefficient (Wildman–Crippen LogP) is 3.49. The van der Waals surface area contributed by atoms with Crippen LogP contribution in [0.15, 0.2) is 35.5 Å². The van der Waals surface area contributed by atoms with E-state index in [0.717, 1.165) is 17.8 Å². The molecular weight excluding hydrogens is 480 g/mol. The Morgan fingerprint density at radius 3 is 2.75 bits per heavy atom. The van der Waals surface area contributed by atoms with Crippen molar-refractivity contribution in [2.45, 2.75) is 50.9 Å². The molecule has 0 aromatic carbocycles. The normalized spacial score (nSPS) is 20.0. The Bertz CT molecular complexity index is 1570. The number of carbonyl (C=O) groups is 1. The number of fused-ring (bicyclic) bond motifs is 2. The van der Waals surface area contributed by atoms with E-state index in [1.54, 1.807) is 19.2 Å². The maximum absolute atomic E-state index is 13.1. The molecule has 5 heterocycles. The molecule has 0 radical (unpaired) electrons. The summed E-state index contributed by atoms with van der Waals surface area (Å²) in [6.07, 6.45) is 12.5. The van der Waals surface area contributed by atoms with Crippen LogP contribution in [0.5, 0.6) is 0 Å². The first-order chi connectivity index (χ1) is 17.3. The van der Waals surface area contributed by atoms with Crippen LogP contribution in [0.1, 0.15) is 56.0 Å². The summed E-state index contributed by atoms with van der Waals surface area (Å²) in [4.78, 5) is 46.6. The van der Waals surface area contributed by atoms with Crippen molar-refractivity contribution in [1.29, 1.82) is 0 Å². The molecule has 4 N–H and O–H groups in total. The van der Waals surface area contributed by atoms with Crippen molar-refractivity contribution in [3.05, 3.63) is 63.1 Å². The van der Waals surface area contributed by atoms with Crippen LogP contribution in [-0.2, 0) is 16.6 Å². The number of anilines is 2. The zero-order valence-electron chi connectivity index (χ0n) is 19.7. The number of imidazole rings is 1. The molecule has 1 aliphatic heterocycles. The number of aromatic nitrogens is 6. The number of amides is 1. The van der Waals surface area contributed by atoms with Crippen molar-refractivity contribution in [2.24, 2.45) is 5.92 Å². The third kappa shape index (κ3) is 3.55. The van der Waals surface area contributed by atoms with Gasteiger partial charge in [-0.25, -0.2) is 19.9 Å². The van der Waals surface area contributed by atoms with Gasteiger partial charge in [0.05, 0.1) is 11.3 Å². The molecule has 10 nitrogen and oxygen atoms in total. The van der Waals surface area contributed by atoms with E-state index in [1.807, 2.05) is 16.8 Å². The van der Waals surface area contributed by atoms with Crippen LogP contribution in [0, 0.1) is 5.92 Å². The van der Waals surface area contributed by atoms with Gasteiger partial charge in [-0.15, -0.1) is 0 Å². The Morgan fingerprint density at radius 2 is 1.97 bits per heavy atom. The summed E-state index contributed by atoms with van der Waals surface area (Å²) >= 11 is 5.89. The Morgan fingerprint density at radius 1 is 1.17 bits per heavy atom. The molecule has 1 saturated carbocycles. The minimum Gasteiger partial charge on any atom is -0.383 e. The first-order valence-corrected chi connectivity index (χ1v) is 12.4. The Labute approximate surface area is 211 Å². The lowest BCUT2D eigenvalue weighted by molar-refractivity contribution is -0.119. The summed E-state index contributed by atoms with van der Waals surface area (Å²) < 4.78 is 1.93. The summed E-state index contributed by atoms with van der Waals surface area (Å²) in [5.41, 5.74) is 7.68. The number of H-pyrrole nitrogens is 1. The van der Waals surface area contributed by atoms with Crippen LogP contribution >= 0.6 is 11.6 Å². The van der Waals surface area contributed by atoms with Crippen molar-refractivity contribution in [2.75, 3.05) is 11.1 Å². The molecule has 2 aliphatic rings. The average molecular weight is 505 g/mol. The molecule has 11 heteroatoms. The molecule has 0 unspecified atom stereocenters. The Hall–Kier alpha value is -3.79. The summed E-state index contributed by atoms with van der Waals surface area (Å²) in [5, 5.41) is 2.84. The summed E-state index contributed by atoms with van der Waals surface area (Å²) in [6.45, 7) is 1.67. The van der Waals surface area contributed by atoms with Gasteiger partial charge in [-0.2, -0.15) is 0 Å². The highest BCUT2D eigenvalue weighted by Gasteiger charge is 2.48. The van der Waals surface area contributed by atoms with E-state index >= 15 is 0 Å². The summed E-state index contributed by atoms with van der Waals surface area (Å²) in [6, 6.07) is 3.05. The highest BCUT2D eigenvalue weighted by Crippen LogP contribution is 2.44. The van der Waals surface area contributed by atoms with Gasteiger partial charge >= 0.3 is 0 Å². The molecule has 36 heavy (non-hydrogen) atoms. The Kier molecular flexibility index (Phi) is 5.29. The summed E-state index contributed by atoms with van der Waals surface area (Å²) in [5.74, 6) is 0.940. The molecule has 1 atom stereocenters. The fraction of sp³-hybridized carbons (Fsp3) is 0.360. The number of carbonyl (C=O) groups excluding carboxylic acids is 1. The molecule has 0 bridgehead atoms. The van der Waals surface area contributed by atoms with E-state index < -0.39 is 11.0 Å². The third-order valence-corrected chi connectivity index (χ3v) is 7.70. The number of nitrogens with one attached hydrogen (secondary N) is 2. The van der Waals surface area contributed by atoms with Crippen LogP contribution in [0.4, 0.5) is 11.6 Å². The second kappa shape index (κ2) is 8.41. The van der Waals surface area contributed by atoms with E-state index in [0.29, 0.717) is 34.5 Å². The fourth-order valence-corrected chi connectivity index (χ4v) is 5.54. The van der Waals surface area contributed by atoms with Crippen molar-refractivity contribution < 1.29 is 4.79 Å². The van der Waals surface area contributed by atoms with Crippen LogP contribution in [0.3, 0.4) is 0 Å². The number of pyridine rings is 1. The number of hydrogen-bond donors (Lipinski definition) is 3. The maximum Gasteiger partial charge on any atom is 0.266 e. The number of hydrogen-bond acceptors (Lipinski definition) is 7. The second-order valence-electron chi connectivity index (χ2n) is 9.72. The zero-order valence-corrected chi connectivity index (χ0v) is 20.5. The SMILES string of the molecule is C[C@]1(c2ccc(Cl)c(=O)[nH]2)C(=O)Nc2nc(-c3cn4ccnc4c(CC4CCCCC4)n3)nc(N)c21. The molecule has 0 spiro atoms. The van der Waals surface area contributed by atoms with E-state index in [-0.39, 0.29) is 16.7 Å². The Balaban J connectivity index is 1.44. The largest absolute Gasteiger partial charge is 0.383 e. The number of nitrogens with two attached hydrogens (primary N) is 1. The van der Waals surface area contributed by atoms with Gasteiger partial charge in [-0.1, -0.05) is 43.7 Å². The lowest BCUT2D eigenvalue weighted by Gasteiger charge is -2.23. The lowest BCUT2D eigenvalue weighted by Crippen LogP contribution is -2.35. The molecule has 4 aromatic rings.